The van der Waals surface area contributed by atoms with E-state index in [0.29, 0.717) is 12.5 Å². The third kappa shape index (κ3) is 5.70. The molecule has 0 unspecified atom stereocenters. The van der Waals surface area contributed by atoms with Gasteiger partial charge in [0.2, 0.25) is 0 Å². The number of imidazole rings is 1. The highest BCUT2D eigenvalue weighted by Crippen LogP contribution is 2.19. The van der Waals surface area contributed by atoms with E-state index in [1.54, 1.807) is 7.05 Å². The molecule has 0 radical (unpaired) electrons. The Morgan fingerprint density at radius 3 is 2.89 bits per heavy atom. The van der Waals surface area contributed by atoms with Crippen LogP contribution in [0.3, 0.4) is 0 Å². The average Bonchev–Trinajstić information content (AvgIpc) is 3.24. The largest absolute Gasteiger partial charge is 0.361 e. The summed E-state index contributed by atoms with van der Waals surface area (Å²) in [5.74, 6) is 2.07. The molecule has 0 atom stereocenters. The van der Waals surface area contributed by atoms with Crippen LogP contribution in [0.2, 0.25) is 0 Å². The molecule has 3 aromatic rings. The fraction of sp³-hybridized carbons (Fsp3) is 0.400. The summed E-state index contributed by atoms with van der Waals surface area (Å²) in [6.07, 6.45) is 6.58. The van der Waals surface area contributed by atoms with E-state index in [4.69, 9.17) is 0 Å². The number of fused-ring (bicyclic) bond motifs is 1. The number of hydrogen-bond donors (Lipinski definition) is 3. The maximum atomic E-state index is 13.3. The Hall–Kier alpha value is -2.10. The molecule has 3 N–H and O–H groups in total. The van der Waals surface area contributed by atoms with Crippen LogP contribution in [-0.4, -0.2) is 34.1 Å². The summed E-state index contributed by atoms with van der Waals surface area (Å²) in [5, 5.41) is 7.68. The van der Waals surface area contributed by atoms with Crippen LogP contribution in [0.15, 0.2) is 41.8 Å². The van der Waals surface area contributed by atoms with E-state index in [9.17, 15) is 4.39 Å². The topological polar surface area (TPSA) is 70.0 Å². The number of benzene rings is 1. The van der Waals surface area contributed by atoms with Gasteiger partial charge in [0.05, 0.1) is 6.54 Å². The van der Waals surface area contributed by atoms with Crippen molar-refractivity contribution in [3.63, 3.8) is 0 Å². The lowest BCUT2D eigenvalue weighted by Crippen LogP contribution is -2.38. The summed E-state index contributed by atoms with van der Waals surface area (Å²) in [6, 6.07) is 4.83. The van der Waals surface area contributed by atoms with Gasteiger partial charge in [-0.15, -0.1) is 24.0 Å². The first kappa shape index (κ1) is 22.2. The Labute approximate surface area is 182 Å². The van der Waals surface area contributed by atoms with Crippen LogP contribution < -0.4 is 10.6 Å². The van der Waals surface area contributed by atoms with Gasteiger partial charge in [0.1, 0.15) is 11.6 Å². The van der Waals surface area contributed by atoms with E-state index in [1.807, 2.05) is 24.7 Å². The van der Waals surface area contributed by atoms with E-state index in [-0.39, 0.29) is 29.8 Å². The molecule has 0 spiro atoms. The number of rotatable bonds is 7. The van der Waals surface area contributed by atoms with E-state index in [2.05, 4.69) is 44.0 Å². The minimum Gasteiger partial charge on any atom is -0.361 e. The van der Waals surface area contributed by atoms with Crippen LogP contribution in [0, 0.1) is 11.7 Å². The van der Waals surface area contributed by atoms with Crippen LogP contribution >= 0.6 is 24.0 Å². The zero-order valence-corrected chi connectivity index (χ0v) is 18.8. The molecule has 6 nitrogen and oxygen atoms in total. The van der Waals surface area contributed by atoms with Crippen LogP contribution in [0.25, 0.3) is 10.9 Å². The lowest BCUT2D eigenvalue weighted by molar-refractivity contribution is 0.503. The average molecular weight is 498 g/mol. The van der Waals surface area contributed by atoms with E-state index < -0.39 is 0 Å². The highest BCUT2D eigenvalue weighted by atomic mass is 127. The van der Waals surface area contributed by atoms with Crippen molar-refractivity contribution in [1.82, 2.24) is 25.2 Å². The summed E-state index contributed by atoms with van der Waals surface area (Å²) in [6.45, 7) is 6.67. The van der Waals surface area contributed by atoms with Crippen molar-refractivity contribution in [2.45, 2.75) is 33.4 Å². The smallest absolute Gasteiger partial charge is 0.191 e. The molecular weight excluding hydrogens is 470 g/mol. The van der Waals surface area contributed by atoms with E-state index in [0.717, 1.165) is 47.8 Å². The molecule has 0 amide bonds. The second-order valence-electron chi connectivity index (χ2n) is 7.00. The third-order valence-corrected chi connectivity index (χ3v) is 4.42. The molecule has 152 valence electrons. The zero-order chi connectivity index (χ0) is 19.2. The molecule has 2 aromatic heterocycles. The normalized spacial score (nSPS) is 11.7. The first-order valence-electron chi connectivity index (χ1n) is 9.27. The van der Waals surface area contributed by atoms with Gasteiger partial charge >= 0.3 is 0 Å². The highest BCUT2D eigenvalue weighted by molar-refractivity contribution is 14.0. The van der Waals surface area contributed by atoms with Gasteiger partial charge in [0, 0.05) is 49.6 Å². The fourth-order valence-electron chi connectivity index (χ4n) is 3.13. The second kappa shape index (κ2) is 10.4. The zero-order valence-electron chi connectivity index (χ0n) is 16.5. The SMILES string of the molecule is CN=C(NCCc1c[nH]c2cc(F)ccc12)NCc1nccn1CC(C)C.I. The first-order chi connectivity index (χ1) is 13.1. The standard InChI is InChI=1S/C20H27FN6.HI/c1-14(2)13-27-9-8-23-19(27)12-26-20(22-3)24-7-6-15-11-25-18-10-16(21)4-5-17(15)18;/h4-5,8-11,14,25H,6-7,12-13H2,1-3H3,(H2,22,24,26);1H. The molecule has 8 heteroatoms. The summed E-state index contributed by atoms with van der Waals surface area (Å²) in [5.41, 5.74) is 1.98. The van der Waals surface area contributed by atoms with Crippen molar-refractivity contribution in [3.8, 4) is 0 Å². The maximum absolute atomic E-state index is 13.3. The Morgan fingerprint density at radius 1 is 1.32 bits per heavy atom. The van der Waals surface area contributed by atoms with Gasteiger partial charge in [-0.05, 0) is 36.1 Å². The Kier molecular flexibility index (Phi) is 8.28. The van der Waals surface area contributed by atoms with Crippen LogP contribution in [0.5, 0.6) is 0 Å². The predicted molar refractivity (Wildman–Crippen MR) is 123 cm³/mol. The number of hydrogen-bond acceptors (Lipinski definition) is 2. The molecular formula is C20H28FIN6. The van der Waals surface area contributed by atoms with Crippen molar-refractivity contribution in [3.05, 3.63) is 54.0 Å². The Balaban J connectivity index is 0.00000280. The van der Waals surface area contributed by atoms with Crippen molar-refractivity contribution >= 4 is 40.8 Å². The number of nitrogens with zero attached hydrogens (tertiary/aromatic N) is 3. The molecule has 0 saturated carbocycles. The molecule has 0 fully saturated rings. The van der Waals surface area contributed by atoms with Crippen LogP contribution in [0.4, 0.5) is 4.39 Å². The van der Waals surface area contributed by atoms with Gasteiger partial charge < -0.3 is 20.2 Å². The molecule has 1 aromatic carbocycles. The quantitative estimate of drug-likeness (QED) is 0.265. The van der Waals surface area contributed by atoms with Crippen LogP contribution in [-0.2, 0) is 19.5 Å². The van der Waals surface area contributed by atoms with E-state index in [1.165, 1.54) is 12.1 Å². The van der Waals surface area contributed by atoms with E-state index >= 15 is 0 Å². The number of aromatic nitrogens is 3. The van der Waals surface area contributed by atoms with Gasteiger partial charge in [-0.1, -0.05) is 13.8 Å². The summed E-state index contributed by atoms with van der Waals surface area (Å²) >= 11 is 0. The molecule has 2 heterocycles. The number of aromatic amines is 1. The summed E-state index contributed by atoms with van der Waals surface area (Å²) < 4.78 is 15.4. The number of halogens is 2. The molecule has 0 aliphatic heterocycles. The molecule has 0 saturated heterocycles. The molecule has 28 heavy (non-hydrogen) atoms. The third-order valence-electron chi connectivity index (χ3n) is 4.42. The number of guanidine groups is 1. The van der Waals surface area contributed by atoms with Crippen molar-refractivity contribution in [1.29, 1.82) is 0 Å². The maximum Gasteiger partial charge on any atom is 0.191 e. The van der Waals surface area contributed by atoms with Gasteiger partial charge in [0.25, 0.3) is 0 Å². The molecule has 0 bridgehead atoms. The molecule has 0 aliphatic rings. The second-order valence-corrected chi connectivity index (χ2v) is 7.00. The van der Waals surface area contributed by atoms with Gasteiger partial charge in [-0.3, -0.25) is 4.99 Å². The first-order valence-corrected chi connectivity index (χ1v) is 9.27. The van der Waals surface area contributed by atoms with Gasteiger partial charge in [0.15, 0.2) is 5.96 Å². The van der Waals surface area contributed by atoms with Gasteiger partial charge in [-0.2, -0.15) is 0 Å². The lowest BCUT2D eigenvalue weighted by atomic mass is 10.1. The van der Waals surface area contributed by atoms with Crippen molar-refractivity contribution < 1.29 is 4.39 Å². The van der Waals surface area contributed by atoms with Crippen LogP contribution in [0.1, 0.15) is 25.2 Å². The predicted octanol–water partition coefficient (Wildman–Crippen LogP) is 3.69. The number of H-pyrrole nitrogens is 1. The molecule has 3 rings (SSSR count). The van der Waals surface area contributed by atoms with Gasteiger partial charge in [-0.25, -0.2) is 9.37 Å². The highest BCUT2D eigenvalue weighted by Gasteiger charge is 2.07. The molecule has 0 aliphatic carbocycles. The minimum absolute atomic E-state index is 0. The van der Waals surface area contributed by atoms with Crippen molar-refractivity contribution in [2.24, 2.45) is 10.9 Å². The monoisotopic (exact) mass is 498 g/mol. The fourth-order valence-corrected chi connectivity index (χ4v) is 3.13. The Bertz CT molecular complexity index is 914. The minimum atomic E-state index is -0.227. The Morgan fingerprint density at radius 2 is 2.14 bits per heavy atom. The number of aliphatic imine (C=N–C) groups is 1. The number of nitrogens with one attached hydrogen (secondary N) is 3. The lowest BCUT2D eigenvalue weighted by Gasteiger charge is -2.14. The van der Waals surface area contributed by atoms with Crippen molar-refractivity contribution in [2.75, 3.05) is 13.6 Å². The summed E-state index contributed by atoms with van der Waals surface area (Å²) in [4.78, 5) is 11.8. The summed E-state index contributed by atoms with van der Waals surface area (Å²) in [7, 11) is 1.75.